The third-order valence-corrected chi connectivity index (χ3v) is 7.87. The molecular weight excluding hydrogens is 492 g/mol. The van der Waals surface area contributed by atoms with Gasteiger partial charge in [-0.3, -0.25) is 4.90 Å². The lowest BCUT2D eigenvalue weighted by Gasteiger charge is -2.37. The van der Waals surface area contributed by atoms with Crippen LogP contribution < -0.4 is 5.11 Å². The summed E-state index contributed by atoms with van der Waals surface area (Å²) in [5.41, 5.74) is 12.6. The Bertz CT molecular complexity index is 1100. The monoisotopic (exact) mass is 544 g/mol. The van der Waals surface area contributed by atoms with Gasteiger partial charge in [0.15, 0.2) is 0 Å². The van der Waals surface area contributed by atoms with Gasteiger partial charge in [-0.05, 0) is 85.9 Å². The molecule has 0 bridgehead atoms. The predicted molar refractivity (Wildman–Crippen MR) is 167 cm³/mol. The fourth-order valence-electron chi connectivity index (χ4n) is 6.22. The van der Waals surface area contributed by atoms with Gasteiger partial charge >= 0.3 is 0 Å². The molecule has 0 unspecified atom stereocenters. The molecule has 4 heteroatoms. The second-order valence-corrected chi connectivity index (χ2v) is 11.9. The molecule has 0 aliphatic rings. The summed E-state index contributed by atoms with van der Waals surface area (Å²) in [6.45, 7) is 25.5. The van der Waals surface area contributed by atoms with E-state index in [4.69, 9.17) is 9.90 Å². The van der Waals surface area contributed by atoms with Crippen LogP contribution >= 0.6 is 0 Å². The SMILES string of the molecule is CC[N+](CC)(CCCCN(Cc1cc(C)cc(C)c1)Cc1cc(C)cc(C)c1)Cc1cc(C)cc(C)c1.O=C[O-]. The van der Waals surface area contributed by atoms with Crippen LogP contribution in [-0.2, 0) is 24.4 Å². The molecular formula is C36H52N2O2. The molecule has 3 rings (SSSR count). The van der Waals surface area contributed by atoms with Crippen molar-refractivity contribution in [3.63, 3.8) is 0 Å². The minimum absolute atomic E-state index is 0.500. The van der Waals surface area contributed by atoms with Crippen molar-refractivity contribution in [1.29, 1.82) is 0 Å². The van der Waals surface area contributed by atoms with Crippen molar-refractivity contribution in [3.8, 4) is 0 Å². The first-order valence-electron chi connectivity index (χ1n) is 14.9. The van der Waals surface area contributed by atoms with Crippen LogP contribution in [0, 0.1) is 41.5 Å². The number of unbranched alkanes of at least 4 members (excludes halogenated alkanes) is 1. The van der Waals surface area contributed by atoms with Crippen LogP contribution in [0.3, 0.4) is 0 Å². The fraction of sp³-hybridized carbons (Fsp3) is 0.472. The van der Waals surface area contributed by atoms with Gasteiger partial charge in [-0.15, -0.1) is 0 Å². The van der Waals surface area contributed by atoms with Gasteiger partial charge in [-0.2, -0.15) is 0 Å². The number of carbonyl (C=O) groups excluding carboxylic acids is 1. The van der Waals surface area contributed by atoms with Crippen molar-refractivity contribution in [2.24, 2.45) is 0 Å². The molecule has 0 saturated heterocycles. The zero-order valence-electron chi connectivity index (χ0n) is 26.3. The fourth-order valence-corrected chi connectivity index (χ4v) is 6.22. The zero-order valence-corrected chi connectivity index (χ0v) is 26.3. The van der Waals surface area contributed by atoms with Crippen molar-refractivity contribution in [2.45, 2.75) is 87.9 Å². The summed E-state index contributed by atoms with van der Waals surface area (Å²) >= 11 is 0. The molecule has 0 spiro atoms. The highest BCUT2D eigenvalue weighted by Gasteiger charge is 2.23. The molecule has 0 fully saturated rings. The highest BCUT2D eigenvalue weighted by atomic mass is 16.3. The van der Waals surface area contributed by atoms with E-state index in [1.165, 1.54) is 87.0 Å². The third-order valence-electron chi connectivity index (χ3n) is 7.87. The van der Waals surface area contributed by atoms with Gasteiger partial charge < -0.3 is 14.4 Å². The summed E-state index contributed by atoms with van der Waals surface area (Å²) < 4.78 is 1.18. The highest BCUT2D eigenvalue weighted by molar-refractivity contribution is 5.31. The summed E-state index contributed by atoms with van der Waals surface area (Å²) in [5.74, 6) is 0. The van der Waals surface area contributed by atoms with Crippen LogP contribution in [0.1, 0.15) is 76.8 Å². The van der Waals surface area contributed by atoms with Crippen LogP contribution in [0.4, 0.5) is 0 Å². The summed E-state index contributed by atoms with van der Waals surface area (Å²) in [6, 6.07) is 21.1. The average molecular weight is 545 g/mol. The first kappa shape index (κ1) is 33.3. The minimum atomic E-state index is -0.500. The standard InChI is InChI=1S/C35H51N2.CH2O2/c1-9-37(10-2,26-35-22-31(7)17-32(8)23-35)14-12-11-13-36(24-33-18-27(3)15-28(4)19-33)25-34-20-29(5)16-30(6)21-34;2-1-3/h15-23H,9-14,24-26H2,1-8H3;1H,(H,2,3)/q+1;/p-1. The van der Waals surface area contributed by atoms with Crippen LogP contribution in [0.5, 0.6) is 0 Å². The molecule has 3 aromatic carbocycles. The Morgan fingerprint density at radius 3 is 1.32 bits per heavy atom. The molecule has 0 N–H and O–H groups in total. The molecule has 0 heterocycles. The van der Waals surface area contributed by atoms with Gasteiger partial charge in [0, 0.05) is 25.1 Å². The Labute approximate surface area is 244 Å². The molecule has 0 amide bonds. The number of nitrogens with zero attached hydrogens (tertiary/aromatic N) is 2. The molecule has 0 aliphatic heterocycles. The minimum Gasteiger partial charge on any atom is -0.554 e. The number of rotatable bonds is 13. The average Bonchev–Trinajstić information content (AvgIpc) is 2.84. The van der Waals surface area contributed by atoms with Gasteiger partial charge in [0.05, 0.1) is 19.6 Å². The van der Waals surface area contributed by atoms with E-state index in [0.717, 1.165) is 26.2 Å². The summed E-state index contributed by atoms with van der Waals surface area (Å²) in [7, 11) is 0. The maximum absolute atomic E-state index is 8.25. The quantitative estimate of drug-likeness (QED) is 0.136. The van der Waals surface area contributed by atoms with E-state index in [1.54, 1.807) is 0 Å². The number of carboxylic acid groups (broad SMARTS) is 1. The Kier molecular flexibility index (Phi) is 13.6. The Balaban J connectivity index is 0.00000178. The van der Waals surface area contributed by atoms with Gasteiger partial charge in [0.2, 0.25) is 0 Å². The Morgan fingerprint density at radius 2 is 0.975 bits per heavy atom. The lowest BCUT2D eigenvalue weighted by Crippen LogP contribution is -2.47. The van der Waals surface area contributed by atoms with E-state index in [1.807, 2.05) is 0 Å². The smallest absolute Gasteiger partial charge is 0.104 e. The number of carbonyl (C=O) groups is 1. The van der Waals surface area contributed by atoms with Crippen LogP contribution in [0.15, 0.2) is 54.6 Å². The van der Waals surface area contributed by atoms with E-state index < -0.39 is 6.47 Å². The van der Waals surface area contributed by atoms with Crippen LogP contribution in [0.2, 0.25) is 0 Å². The lowest BCUT2D eigenvalue weighted by molar-refractivity contribution is -0.938. The van der Waals surface area contributed by atoms with Crippen LogP contribution in [-0.4, -0.2) is 42.0 Å². The highest BCUT2D eigenvalue weighted by Crippen LogP contribution is 2.20. The molecule has 0 aromatic heterocycles. The van der Waals surface area contributed by atoms with Gasteiger partial charge in [-0.25, -0.2) is 0 Å². The van der Waals surface area contributed by atoms with E-state index in [9.17, 15) is 0 Å². The third kappa shape index (κ3) is 11.3. The maximum atomic E-state index is 8.25. The molecule has 0 aliphatic carbocycles. The molecule has 3 aromatic rings. The van der Waals surface area contributed by atoms with Crippen molar-refractivity contribution in [1.82, 2.24) is 4.90 Å². The second-order valence-electron chi connectivity index (χ2n) is 11.9. The number of quaternary nitrogens is 1. The molecule has 0 atom stereocenters. The predicted octanol–water partition coefficient (Wildman–Crippen LogP) is 6.74. The second kappa shape index (κ2) is 16.3. The topological polar surface area (TPSA) is 43.4 Å². The lowest BCUT2D eigenvalue weighted by atomic mass is 10.0. The van der Waals surface area contributed by atoms with E-state index in [2.05, 4.69) is 115 Å². The van der Waals surface area contributed by atoms with E-state index in [0.29, 0.717) is 0 Å². The van der Waals surface area contributed by atoms with Crippen molar-refractivity contribution in [2.75, 3.05) is 26.2 Å². The molecule has 0 radical (unpaired) electrons. The number of hydrogen-bond acceptors (Lipinski definition) is 3. The van der Waals surface area contributed by atoms with Crippen molar-refractivity contribution >= 4 is 6.47 Å². The summed E-state index contributed by atoms with van der Waals surface area (Å²) in [6.07, 6.45) is 2.51. The first-order valence-corrected chi connectivity index (χ1v) is 14.9. The molecule has 40 heavy (non-hydrogen) atoms. The summed E-state index contributed by atoms with van der Waals surface area (Å²) in [5, 5.41) is 8.25. The zero-order chi connectivity index (χ0) is 29.7. The Hall–Kier alpha value is -2.95. The van der Waals surface area contributed by atoms with Gasteiger partial charge in [-0.1, -0.05) is 88.0 Å². The summed E-state index contributed by atoms with van der Waals surface area (Å²) in [4.78, 5) is 10.9. The van der Waals surface area contributed by atoms with Crippen LogP contribution in [0.25, 0.3) is 0 Å². The molecule has 4 nitrogen and oxygen atoms in total. The number of benzene rings is 3. The maximum Gasteiger partial charge on any atom is 0.104 e. The van der Waals surface area contributed by atoms with Gasteiger partial charge in [0.25, 0.3) is 0 Å². The number of aryl methyl sites for hydroxylation is 6. The van der Waals surface area contributed by atoms with Crippen molar-refractivity contribution < 1.29 is 14.4 Å². The largest absolute Gasteiger partial charge is 0.554 e. The normalized spacial score (nSPS) is 11.3. The van der Waals surface area contributed by atoms with Gasteiger partial charge in [0.1, 0.15) is 6.54 Å². The van der Waals surface area contributed by atoms with E-state index in [-0.39, 0.29) is 0 Å². The molecule has 218 valence electrons. The molecule has 0 saturated carbocycles. The van der Waals surface area contributed by atoms with Crippen molar-refractivity contribution in [3.05, 3.63) is 105 Å². The first-order chi connectivity index (χ1) is 19.0. The Morgan fingerprint density at radius 1 is 0.625 bits per heavy atom. The van der Waals surface area contributed by atoms with E-state index >= 15 is 0 Å². The number of hydrogen-bond donors (Lipinski definition) is 0.